The zero-order valence-electron chi connectivity index (χ0n) is 16.6. The largest absolute Gasteiger partial charge is 0.465 e. The van der Waals surface area contributed by atoms with E-state index in [9.17, 15) is 14.0 Å². The quantitative estimate of drug-likeness (QED) is 0.757. The molecule has 2 aromatic rings. The van der Waals surface area contributed by atoms with Crippen LogP contribution < -0.4 is 5.32 Å². The third-order valence-corrected chi connectivity index (χ3v) is 4.96. The summed E-state index contributed by atoms with van der Waals surface area (Å²) in [6, 6.07) is 13.2. The number of benzene rings is 2. The molecule has 0 radical (unpaired) electrons. The number of rotatable bonds is 6. The van der Waals surface area contributed by atoms with Crippen molar-refractivity contribution in [3.8, 4) is 0 Å². The molecular weight excluding hydrogens is 373 g/mol. The van der Waals surface area contributed by atoms with Crippen LogP contribution in [0, 0.1) is 5.82 Å². The Labute approximate surface area is 170 Å². The normalized spacial score (nSPS) is 15.5. The van der Waals surface area contributed by atoms with Crippen molar-refractivity contribution in [3.63, 3.8) is 0 Å². The van der Waals surface area contributed by atoms with Crippen LogP contribution in [0.15, 0.2) is 48.5 Å². The second-order valence-electron chi connectivity index (χ2n) is 7.15. The lowest BCUT2D eigenvalue weighted by atomic mass is 10.2. The van der Waals surface area contributed by atoms with Crippen LogP contribution >= 0.6 is 0 Å². The molecule has 6 nitrogen and oxygen atoms in total. The van der Waals surface area contributed by atoms with Crippen molar-refractivity contribution >= 4 is 17.6 Å². The number of amides is 1. The van der Waals surface area contributed by atoms with E-state index in [-0.39, 0.29) is 11.7 Å². The van der Waals surface area contributed by atoms with Crippen LogP contribution in [0.2, 0.25) is 0 Å². The van der Waals surface area contributed by atoms with Gasteiger partial charge >= 0.3 is 5.97 Å². The maximum atomic E-state index is 13.1. The van der Waals surface area contributed by atoms with Crippen LogP contribution in [0.1, 0.15) is 22.3 Å². The second kappa shape index (κ2) is 10.1. The predicted molar refractivity (Wildman–Crippen MR) is 109 cm³/mol. The van der Waals surface area contributed by atoms with E-state index in [4.69, 9.17) is 0 Å². The average molecular weight is 399 g/mol. The van der Waals surface area contributed by atoms with E-state index in [2.05, 4.69) is 19.9 Å². The van der Waals surface area contributed by atoms with Crippen molar-refractivity contribution in [1.82, 2.24) is 9.80 Å². The molecule has 3 rings (SSSR count). The summed E-state index contributed by atoms with van der Waals surface area (Å²) < 4.78 is 17.7. The van der Waals surface area contributed by atoms with Crippen LogP contribution in [0.3, 0.4) is 0 Å². The zero-order valence-corrected chi connectivity index (χ0v) is 16.6. The number of ether oxygens (including phenoxy) is 1. The van der Waals surface area contributed by atoms with Crippen LogP contribution in [0.5, 0.6) is 0 Å². The highest BCUT2D eigenvalue weighted by molar-refractivity contribution is 5.93. The van der Waals surface area contributed by atoms with Gasteiger partial charge in [-0.25, -0.2) is 9.18 Å². The van der Waals surface area contributed by atoms with E-state index in [1.165, 1.54) is 19.2 Å². The zero-order chi connectivity index (χ0) is 20.6. The van der Waals surface area contributed by atoms with E-state index in [0.29, 0.717) is 17.8 Å². The number of methoxy groups -OCH3 is 1. The first-order chi connectivity index (χ1) is 14.0. The van der Waals surface area contributed by atoms with Gasteiger partial charge in [-0.1, -0.05) is 12.1 Å². The van der Waals surface area contributed by atoms with Gasteiger partial charge in [0.05, 0.1) is 19.2 Å². The molecule has 7 heteroatoms. The first-order valence-corrected chi connectivity index (χ1v) is 9.71. The Morgan fingerprint density at radius 3 is 2.31 bits per heavy atom. The summed E-state index contributed by atoms with van der Waals surface area (Å²) in [7, 11) is 1.33. The number of halogens is 1. The lowest BCUT2D eigenvalue weighted by Crippen LogP contribution is -2.36. The van der Waals surface area contributed by atoms with Crippen LogP contribution in [0.4, 0.5) is 10.1 Å². The summed E-state index contributed by atoms with van der Waals surface area (Å²) in [6.07, 6.45) is 0.975. The van der Waals surface area contributed by atoms with E-state index >= 15 is 0 Å². The fraction of sp³-hybridized carbons (Fsp3) is 0.364. The maximum Gasteiger partial charge on any atom is 0.337 e. The third-order valence-electron chi connectivity index (χ3n) is 4.96. The molecule has 0 aliphatic carbocycles. The van der Waals surface area contributed by atoms with Gasteiger partial charge in [-0.15, -0.1) is 0 Å². The van der Waals surface area contributed by atoms with Gasteiger partial charge in [-0.2, -0.15) is 0 Å². The molecule has 0 unspecified atom stereocenters. The Kier molecular flexibility index (Phi) is 7.32. The second-order valence-corrected chi connectivity index (χ2v) is 7.15. The van der Waals surface area contributed by atoms with Crippen LogP contribution in [-0.2, 0) is 16.1 Å². The number of carbonyl (C=O) groups excluding carboxylic acids is 2. The van der Waals surface area contributed by atoms with E-state index in [0.717, 1.165) is 44.7 Å². The highest BCUT2D eigenvalue weighted by Gasteiger charge is 2.17. The standard InChI is InChI=1S/C22H26FN3O3/c1-29-22(28)18-5-9-20(10-6-18)24-21(27)16-26-12-2-11-25(13-14-26)15-17-3-7-19(23)8-4-17/h3-10H,2,11-16H2,1H3,(H,24,27). The molecular formula is C22H26FN3O3. The number of anilines is 1. The molecule has 1 saturated heterocycles. The van der Waals surface area contributed by atoms with Gasteiger partial charge < -0.3 is 10.1 Å². The molecule has 1 aliphatic rings. The third kappa shape index (κ3) is 6.37. The molecule has 0 bridgehead atoms. The molecule has 0 aromatic heterocycles. The Hall–Kier alpha value is -2.77. The molecule has 1 aliphatic heterocycles. The average Bonchev–Trinajstić information content (AvgIpc) is 2.94. The number of nitrogens with one attached hydrogen (secondary N) is 1. The molecule has 0 saturated carbocycles. The van der Waals surface area contributed by atoms with Crippen molar-refractivity contribution in [2.24, 2.45) is 0 Å². The maximum absolute atomic E-state index is 13.1. The lowest BCUT2D eigenvalue weighted by Gasteiger charge is -2.21. The van der Waals surface area contributed by atoms with Crippen molar-refractivity contribution in [2.45, 2.75) is 13.0 Å². The van der Waals surface area contributed by atoms with Crippen molar-refractivity contribution < 1.29 is 18.7 Å². The summed E-state index contributed by atoms with van der Waals surface area (Å²) >= 11 is 0. The van der Waals surface area contributed by atoms with Gasteiger partial charge in [0.25, 0.3) is 0 Å². The van der Waals surface area contributed by atoms with Crippen molar-refractivity contribution in [2.75, 3.05) is 45.2 Å². The van der Waals surface area contributed by atoms with Gasteiger partial charge in [-0.3, -0.25) is 14.6 Å². The number of esters is 1. The van der Waals surface area contributed by atoms with Gasteiger partial charge in [0.1, 0.15) is 5.82 Å². The number of carbonyl (C=O) groups is 2. The SMILES string of the molecule is COC(=O)c1ccc(NC(=O)CN2CCCN(Cc3ccc(F)cc3)CC2)cc1. The highest BCUT2D eigenvalue weighted by atomic mass is 19.1. The van der Waals surface area contributed by atoms with Crippen LogP contribution in [0.25, 0.3) is 0 Å². The van der Waals surface area contributed by atoms with Crippen LogP contribution in [-0.4, -0.2) is 61.5 Å². The Bertz CT molecular complexity index is 824. The molecule has 1 N–H and O–H groups in total. The van der Waals surface area contributed by atoms with Gasteiger partial charge in [0, 0.05) is 25.3 Å². The first kappa shape index (κ1) is 21.0. The number of hydrogen-bond acceptors (Lipinski definition) is 5. The molecule has 0 spiro atoms. The minimum Gasteiger partial charge on any atom is -0.465 e. The summed E-state index contributed by atoms with van der Waals surface area (Å²) in [5.41, 5.74) is 2.18. The lowest BCUT2D eigenvalue weighted by molar-refractivity contribution is -0.117. The highest BCUT2D eigenvalue weighted by Crippen LogP contribution is 2.12. The molecule has 2 aromatic carbocycles. The molecule has 1 fully saturated rings. The summed E-state index contributed by atoms with van der Waals surface area (Å²) in [6.45, 7) is 4.57. The van der Waals surface area contributed by atoms with Gasteiger partial charge in [0.2, 0.25) is 5.91 Å². The van der Waals surface area contributed by atoms with Crippen molar-refractivity contribution in [1.29, 1.82) is 0 Å². The summed E-state index contributed by atoms with van der Waals surface area (Å²) in [4.78, 5) is 28.3. The minimum absolute atomic E-state index is 0.0807. The fourth-order valence-corrected chi connectivity index (χ4v) is 3.40. The molecule has 1 heterocycles. The van der Waals surface area contributed by atoms with E-state index in [1.54, 1.807) is 24.3 Å². The molecule has 154 valence electrons. The first-order valence-electron chi connectivity index (χ1n) is 9.71. The minimum atomic E-state index is -0.405. The van der Waals surface area contributed by atoms with E-state index < -0.39 is 5.97 Å². The Balaban J connectivity index is 1.46. The number of nitrogens with zero attached hydrogens (tertiary/aromatic N) is 2. The van der Waals surface area contributed by atoms with Gasteiger partial charge in [-0.05, 0) is 61.5 Å². The monoisotopic (exact) mass is 399 g/mol. The molecule has 29 heavy (non-hydrogen) atoms. The summed E-state index contributed by atoms with van der Waals surface area (Å²) in [5.74, 6) is -0.706. The number of hydrogen-bond donors (Lipinski definition) is 1. The van der Waals surface area contributed by atoms with Gasteiger partial charge in [0.15, 0.2) is 0 Å². The van der Waals surface area contributed by atoms with Crippen molar-refractivity contribution in [3.05, 3.63) is 65.5 Å². The molecule has 0 atom stereocenters. The fourth-order valence-electron chi connectivity index (χ4n) is 3.40. The Morgan fingerprint density at radius 1 is 0.966 bits per heavy atom. The Morgan fingerprint density at radius 2 is 1.62 bits per heavy atom. The smallest absolute Gasteiger partial charge is 0.337 e. The summed E-state index contributed by atoms with van der Waals surface area (Å²) in [5, 5.41) is 2.87. The topological polar surface area (TPSA) is 61.9 Å². The molecule has 1 amide bonds. The predicted octanol–water partition coefficient (Wildman–Crippen LogP) is 2.76. The van der Waals surface area contributed by atoms with E-state index in [1.807, 2.05) is 12.1 Å².